The topological polar surface area (TPSA) is 50.8 Å². The van der Waals surface area contributed by atoms with E-state index in [9.17, 15) is 4.39 Å². The van der Waals surface area contributed by atoms with E-state index >= 15 is 0 Å². The van der Waals surface area contributed by atoms with Crippen LogP contribution in [0.25, 0.3) is 0 Å². The minimum absolute atomic E-state index is 0.242. The van der Waals surface area contributed by atoms with Crippen molar-refractivity contribution in [3.63, 3.8) is 0 Å². The van der Waals surface area contributed by atoms with Gasteiger partial charge in [0.05, 0.1) is 18.5 Å². The molecule has 4 nitrogen and oxygen atoms in total. The Morgan fingerprint density at radius 3 is 2.94 bits per heavy atom. The molecule has 1 aromatic heterocycles. The first-order chi connectivity index (χ1) is 8.79. The lowest BCUT2D eigenvalue weighted by Gasteiger charge is -2.10. The van der Waals surface area contributed by atoms with Crippen molar-refractivity contribution in [1.29, 1.82) is 0 Å². The summed E-state index contributed by atoms with van der Waals surface area (Å²) in [5, 5.41) is 10.3. The lowest BCUT2D eigenvalue weighted by molar-refractivity contribution is 0.313. The number of aromatic amines is 1. The molecular formula is C13H16FN3O. The van der Waals surface area contributed by atoms with E-state index in [0.29, 0.717) is 19.4 Å². The second-order valence-corrected chi connectivity index (χ2v) is 4.06. The predicted octanol–water partition coefficient (Wildman–Crippen LogP) is 2.52. The minimum atomic E-state index is -0.242. The standard InChI is InChI=1S/C13H16FN3O/c1-2-7-18-13-6-4-11(14)8-10(13)3-5-12-9-15-17-16-12/h4,6,8-9H,2-3,5,7H2,1H3,(H,15,16,17). The number of hydrogen-bond donors (Lipinski definition) is 1. The molecule has 0 saturated carbocycles. The van der Waals surface area contributed by atoms with Gasteiger partial charge in [0.25, 0.3) is 0 Å². The number of benzene rings is 1. The Kier molecular flexibility index (Phi) is 4.28. The molecule has 18 heavy (non-hydrogen) atoms. The van der Waals surface area contributed by atoms with Crippen LogP contribution in [0.3, 0.4) is 0 Å². The van der Waals surface area contributed by atoms with Crippen LogP contribution in [-0.2, 0) is 12.8 Å². The molecule has 0 saturated heterocycles. The molecule has 5 heteroatoms. The molecular weight excluding hydrogens is 233 g/mol. The van der Waals surface area contributed by atoms with Gasteiger partial charge in [0.2, 0.25) is 0 Å². The number of aryl methyl sites for hydroxylation is 2. The number of ether oxygens (including phenoxy) is 1. The Labute approximate surface area is 105 Å². The van der Waals surface area contributed by atoms with Crippen LogP contribution in [0, 0.1) is 5.82 Å². The van der Waals surface area contributed by atoms with Crippen molar-refractivity contribution in [3.8, 4) is 5.75 Å². The summed E-state index contributed by atoms with van der Waals surface area (Å²) in [7, 11) is 0. The zero-order chi connectivity index (χ0) is 12.8. The molecule has 0 unspecified atom stereocenters. The van der Waals surface area contributed by atoms with Gasteiger partial charge in [-0.3, -0.25) is 0 Å². The highest BCUT2D eigenvalue weighted by molar-refractivity contribution is 5.34. The molecule has 2 aromatic rings. The molecule has 0 atom stereocenters. The van der Waals surface area contributed by atoms with Gasteiger partial charge in [0.15, 0.2) is 0 Å². The maximum Gasteiger partial charge on any atom is 0.123 e. The zero-order valence-corrected chi connectivity index (χ0v) is 10.3. The molecule has 96 valence electrons. The van der Waals surface area contributed by atoms with Crippen LogP contribution in [0.1, 0.15) is 24.6 Å². The van der Waals surface area contributed by atoms with Gasteiger partial charge in [-0.1, -0.05) is 6.92 Å². The number of nitrogens with zero attached hydrogens (tertiary/aromatic N) is 2. The monoisotopic (exact) mass is 249 g/mol. The number of halogens is 1. The van der Waals surface area contributed by atoms with Gasteiger partial charge in [-0.05, 0) is 43.0 Å². The number of nitrogens with one attached hydrogen (secondary N) is 1. The van der Waals surface area contributed by atoms with Crippen molar-refractivity contribution in [2.45, 2.75) is 26.2 Å². The number of rotatable bonds is 6. The van der Waals surface area contributed by atoms with Gasteiger partial charge in [-0.15, -0.1) is 0 Å². The van der Waals surface area contributed by atoms with E-state index in [1.54, 1.807) is 12.3 Å². The second-order valence-electron chi connectivity index (χ2n) is 4.06. The highest BCUT2D eigenvalue weighted by Crippen LogP contribution is 2.21. The maximum absolute atomic E-state index is 13.2. The van der Waals surface area contributed by atoms with Crippen molar-refractivity contribution in [2.24, 2.45) is 0 Å². The van der Waals surface area contributed by atoms with Crippen LogP contribution >= 0.6 is 0 Å². The summed E-state index contributed by atoms with van der Waals surface area (Å²) in [6, 6.07) is 4.62. The van der Waals surface area contributed by atoms with E-state index in [-0.39, 0.29) is 5.82 Å². The van der Waals surface area contributed by atoms with Crippen molar-refractivity contribution >= 4 is 0 Å². The summed E-state index contributed by atoms with van der Waals surface area (Å²) in [5.74, 6) is 0.510. The molecule has 0 aliphatic rings. The van der Waals surface area contributed by atoms with E-state index in [2.05, 4.69) is 15.4 Å². The SMILES string of the molecule is CCCOc1ccc(F)cc1CCc1cn[nH]n1. The fourth-order valence-corrected chi connectivity index (χ4v) is 1.70. The molecule has 1 aromatic carbocycles. The quantitative estimate of drug-likeness (QED) is 0.855. The average Bonchev–Trinajstić information content (AvgIpc) is 2.88. The lowest BCUT2D eigenvalue weighted by atomic mass is 10.1. The Morgan fingerprint density at radius 2 is 2.22 bits per heavy atom. The molecule has 1 N–H and O–H groups in total. The van der Waals surface area contributed by atoms with Crippen molar-refractivity contribution < 1.29 is 9.13 Å². The maximum atomic E-state index is 13.2. The third-order valence-corrected chi connectivity index (χ3v) is 2.60. The van der Waals surface area contributed by atoms with Gasteiger partial charge in [0, 0.05) is 0 Å². The van der Waals surface area contributed by atoms with Crippen LogP contribution in [0.4, 0.5) is 4.39 Å². The third-order valence-electron chi connectivity index (χ3n) is 2.60. The molecule has 0 aliphatic carbocycles. The van der Waals surface area contributed by atoms with Gasteiger partial charge in [-0.25, -0.2) is 4.39 Å². The van der Waals surface area contributed by atoms with Crippen molar-refractivity contribution in [3.05, 3.63) is 41.5 Å². The van der Waals surface area contributed by atoms with Gasteiger partial charge in [0.1, 0.15) is 11.6 Å². The molecule has 0 aliphatic heterocycles. The van der Waals surface area contributed by atoms with Crippen LogP contribution < -0.4 is 4.74 Å². The van der Waals surface area contributed by atoms with E-state index in [1.807, 2.05) is 6.92 Å². The first-order valence-corrected chi connectivity index (χ1v) is 6.05. The summed E-state index contributed by atoms with van der Waals surface area (Å²) >= 11 is 0. The minimum Gasteiger partial charge on any atom is -0.493 e. The summed E-state index contributed by atoms with van der Waals surface area (Å²) in [6.45, 7) is 2.68. The first kappa shape index (κ1) is 12.5. The summed E-state index contributed by atoms with van der Waals surface area (Å²) in [4.78, 5) is 0. The van der Waals surface area contributed by atoms with Crippen LogP contribution in [-0.4, -0.2) is 22.0 Å². The zero-order valence-electron chi connectivity index (χ0n) is 10.3. The Balaban J connectivity index is 2.06. The number of H-pyrrole nitrogens is 1. The summed E-state index contributed by atoms with van der Waals surface area (Å²) in [6.07, 6.45) is 4.00. The molecule has 0 bridgehead atoms. The Morgan fingerprint density at radius 1 is 1.33 bits per heavy atom. The number of aromatic nitrogens is 3. The molecule has 0 amide bonds. The average molecular weight is 249 g/mol. The van der Waals surface area contributed by atoms with E-state index < -0.39 is 0 Å². The summed E-state index contributed by atoms with van der Waals surface area (Å²) in [5.41, 5.74) is 1.73. The second kappa shape index (κ2) is 6.14. The lowest BCUT2D eigenvalue weighted by Crippen LogP contribution is -2.01. The largest absolute Gasteiger partial charge is 0.493 e. The van der Waals surface area contributed by atoms with E-state index in [1.165, 1.54) is 12.1 Å². The fraction of sp³-hybridized carbons (Fsp3) is 0.385. The molecule has 0 spiro atoms. The van der Waals surface area contributed by atoms with Crippen LogP contribution in [0.5, 0.6) is 5.75 Å². The highest BCUT2D eigenvalue weighted by Gasteiger charge is 2.07. The van der Waals surface area contributed by atoms with E-state index in [0.717, 1.165) is 23.4 Å². The molecule has 0 radical (unpaired) electrons. The van der Waals surface area contributed by atoms with E-state index in [4.69, 9.17) is 4.74 Å². The van der Waals surface area contributed by atoms with Crippen LogP contribution in [0.2, 0.25) is 0 Å². The fourth-order valence-electron chi connectivity index (χ4n) is 1.70. The van der Waals surface area contributed by atoms with Gasteiger partial charge >= 0.3 is 0 Å². The third kappa shape index (κ3) is 3.29. The predicted molar refractivity (Wildman–Crippen MR) is 66.0 cm³/mol. The normalized spacial score (nSPS) is 10.6. The Bertz CT molecular complexity index is 485. The highest BCUT2D eigenvalue weighted by atomic mass is 19.1. The van der Waals surface area contributed by atoms with Crippen molar-refractivity contribution in [2.75, 3.05) is 6.61 Å². The first-order valence-electron chi connectivity index (χ1n) is 6.05. The number of hydrogen-bond acceptors (Lipinski definition) is 3. The van der Waals surface area contributed by atoms with Crippen LogP contribution in [0.15, 0.2) is 24.4 Å². The Hall–Kier alpha value is -1.91. The summed E-state index contributed by atoms with van der Waals surface area (Å²) < 4.78 is 18.8. The molecule has 0 fully saturated rings. The van der Waals surface area contributed by atoms with Gasteiger partial charge < -0.3 is 4.74 Å². The smallest absolute Gasteiger partial charge is 0.123 e. The molecule has 2 rings (SSSR count). The molecule has 1 heterocycles. The van der Waals surface area contributed by atoms with Crippen molar-refractivity contribution in [1.82, 2.24) is 15.4 Å². The van der Waals surface area contributed by atoms with Gasteiger partial charge in [-0.2, -0.15) is 15.4 Å².